The monoisotopic (exact) mass is 258 g/mol. The predicted octanol–water partition coefficient (Wildman–Crippen LogP) is 0.313. The van der Waals surface area contributed by atoms with Crippen LogP contribution in [0.2, 0.25) is 0 Å². The smallest absolute Gasteiger partial charge is 0.331 e. The quantitative estimate of drug-likeness (QED) is 0.696. The predicted molar refractivity (Wildman–Crippen MR) is 66.8 cm³/mol. The van der Waals surface area contributed by atoms with Crippen molar-refractivity contribution in [1.82, 2.24) is 10.2 Å². The van der Waals surface area contributed by atoms with Crippen LogP contribution in [0.15, 0.2) is 0 Å². The first-order valence-corrected chi connectivity index (χ1v) is 5.88. The van der Waals surface area contributed by atoms with E-state index in [2.05, 4.69) is 10.1 Å². The Morgan fingerprint density at radius 2 is 1.89 bits per heavy atom. The van der Waals surface area contributed by atoms with Gasteiger partial charge in [-0.25, -0.2) is 4.79 Å². The van der Waals surface area contributed by atoms with E-state index in [-0.39, 0.29) is 18.4 Å². The number of likely N-dealkylation sites (N-methyl/N-ethyl adjacent to an activating group) is 1. The van der Waals surface area contributed by atoms with Gasteiger partial charge in [-0.1, -0.05) is 13.3 Å². The van der Waals surface area contributed by atoms with Crippen molar-refractivity contribution in [3.8, 4) is 0 Å². The molecule has 0 spiro atoms. The van der Waals surface area contributed by atoms with Crippen molar-refractivity contribution in [2.45, 2.75) is 39.2 Å². The van der Waals surface area contributed by atoms with Gasteiger partial charge >= 0.3 is 5.97 Å². The lowest BCUT2D eigenvalue weighted by Gasteiger charge is -2.28. The number of nitrogens with zero attached hydrogens (tertiary/aromatic N) is 1. The number of hydrogen-bond donors (Lipinski definition) is 1. The van der Waals surface area contributed by atoms with Crippen molar-refractivity contribution in [2.75, 3.05) is 20.7 Å². The maximum absolute atomic E-state index is 11.8. The third kappa shape index (κ3) is 4.73. The molecular weight excluding hydrogens is 236 g/mol. The highest BCUT2D eigenvalue weighted by Gasteiger charge is 2.35. The number of hydrogen-bond acceptors (Lipinski definition) is 4. The zero-order valence-electron chi connectivity index (χ0n) is 11.7. The fraction of sp³-hybridized carbons (Fsp3) is 0.750. The molecule has 0 radical (unpaired) electrons. The average molecular weight is 258 g/mol. The molecule has 0 aromatic rings. The molecule has 0 saturated heterocycles. The summed E-state index contributed by atoms with van der Waals surface area (Å²) >= 11 is 0. The molecule has 0 aliphatic rings. The fourth-order valence-corrected chi connectivity index (χ4v) is 1.61. The third-order valence-electron chi connectivity index (χ3n) is 2.72. The van der Waals surface area contributed by atoms with E-state index in [0.29, 0.717) is 6.42 Å². The molecule has 0 saturated carbocycles. The van der Waals surface area contributed by atoms with E-state index in [0.717, 1.165) is 6.42 Å². The van der Waals surface area contributed by atoms with Crippen LogP contribution in [0.4, 0.5) is 0 Å². The minimum atomic E-state index is -1.04. The lowest BCUT2D eigenvalue weighted by Crippen LogP contribution is -2.55. The molecule has 104 valence electrons. The Labute approximate surface area is 108 Å². The lowest BCUT2D eigenvalue weighted by molar-refractivity contribution is -0.150. The standard InChI is InChI=1S/C12H22N2O4/c1-6-7-12(3,11(17)18-5)13-10(16)8-14(4)9(2)15/h6-8H2,1-5H3,(H,13,16). The van der Waals surface area contributed by atoms with Crippen molar-refractivity contribution < 1.29 is 19.1 Å². The summed E-state index contributed by atoms with van der Waals surface area (Å²) in [5.41, 5.74) is -1.04. The minimum Gasteiger partial charge on any atom is -0.467 e. The summed E-state index contributed by atoms with van der Waals surface area (Å²) < 4.78 is 4.69. The molecule has 6 heteroatoms. The van der Waals surface area contributed by atoms with Crippen molar-refractivity contribution >= 4 is 17.8 Å². The van der Waals surface area contributed by atoms with Crippen LogP contribution in [0.5, 0.6) is 0 Å². The van der Waals surface area contributed by atoms with Gasteiger partial charge in [0.15, 0.2) is 0 Å². The van der Waals surface area contributed by atoms with Gasteiger partial charge in [-0.15, -0.1) is 0 Å². The van der Waals surface area contributed by atoms with E-state index in [9.17, 15) is 14.4 Å². The highest BCUT2D eigenvalue weighted by molar-refractivity contribution is 5.90. The second-order valence-electron chi connectivity index (χ2n) is 4.50. The summed E-state index contributed by atoms with van der Waals surface area (Å²) in [5.74, 6) is -1.07. The Bertz CT molecular complexity index is 330. The number of esters is 1. The molecular formula is C12H22N2O4. The van der Waals surface area contributed by atoms with Crippen LogP contribution in [0.3, 0.4) is 0 Å². The SMILES string of the molecule is CCCC(C)(NC(=O)CN(C)C(C)=O)C(=O)OC. The molecule has 18 heavy (non-hydrogen) atoms. The summed E-state index contributed by atoms with van der Waals surface area (Å²) in [6, 6.07) is 0. The van der Waals surface area contributed by atoms with E-state index in [1.807, 2.05) is 6.92 Å². The highest BCUT2D eigenvalue weighted by Crippen LogP contribution is 2.14. The van der Waals surface area contributed by atoms with Crippen LogP contribution in [0.25, 0.3) is 0 Å². The van der Waals surface area contributed by atoms with Gasteiger partial charge in [0.2, 0.25) is 11.8 Å². The van der Waals surface area contributed by atoms with Crippen LogP contribution >= 0.6 is 0 Å². The highest BCUT2D eigenvalue weighted by atomic mass is 16.5. The Morgan fingerprint density at radius 3 is 2.28 bits per heavy atom. The Kier molecular flexibility index (Phi) is 6.36. The van der Waals surface area contributed by atoms with Gasteiger partial charge in [0.05, 0.1) is 13.7 Å². The summed E-state index contributed by atoms with van der Waals surface area (Å²) in [4.78, 5) is 35.7. The van der Waals surface area contributed by atoms with E-state index < -0.39 is 11.5 Å². The molecule has 0 aliphatic carbocycles. The van der Waals surface area contributed by atoms with Gasteiger partial charge in [0.25, 0.3) is 0 Å². The number of nitrogens with one attached hydrogen (secondary N) is 1. The molecule has 0 aliphatic heterocycles. The number of carbonyl (C=O) groups excluding carboxylic acids is 3. The van der Waals surface area contributed by atoms with Crippen molar-refractivity contribution in [1.29, 1.82) is 0 Å². The summed E-state index contributed by atoms with van der Waals surface area (Å²) in [5, 5.41) is 2.62. The molecule has 0 aromatic carbocycles. The summed E-state index contributed by atoms with van der Waals surface area (Å²) in [7, 11) is 2.81. The topological polar surface area (TPSA) is 75.7 Å². The number of amides is 2. The molecule has 0 heterocycles. The number of ether oxygens (including phenoxy) is 1. The van der Waals surface area contributed by atoms with Gasteiger partial charge in [0, 0.05) is 14.0 Å². The zero-order valence-corrected chi connectivity index (χ0v) is 11.7. The molecule has 2 amide bonds. The first-order valence-electron chi connectivity index (χ1n) is 5.88. The number of methoxy groups -OCH3 is 1. The van der Waals surface area contributed by atoms with E-state index in [1.165, 1.54) is 26.0 Å². The fourth-order valence-electron chi connectivity index (χ4n) is 1.61. The Morgan fingerprint density at radius 1 is 1.33 bits per heavy atom. The van der Waals surface area contributed by atoms with Crippen molar-refractivity contribution in [2.24, 2.45) is 0 Å². The lowest BCUT2D eigenvalue weighted by atomic mass is 9.96. The molecule has 0 bridgehead atoms. The van der Waals surface area contributed by atoms with Gasteiger partial charge < -0.3 is 15.0 Å². The Hall–Kier alpha value is -1.59. The summed E-state index contributed by atoms with van der Waals surface area (Å²) in [6.07, 6.45) is 1.21. The summed E-state index contributed by atoms with van der Waals surface area (Å²) in [6.45, 7) is 4.83. The van der Waals surface area contributed by atoms with E-state index in [1.54, 1.807) is 6.92 Å². The maximum atomic E-state index is 11.8. The van der Waals surface area contributed by atoms with Crippen molar-refractivity contribution in [3.05, 3.63) is 0 Å². The third-order valence-corrected chi connectivity index (χ3v) is 2.72. The second-order valence-corrected chi connectivity index (χ2v) is 4.50. The average Bonchev–Trinajstić information content (AvgIpc) is 2.27. The molecule has 0 aromatic heterocycles. The molecule has 6 nitrogen and oxygen atoms in total. The normalized spacial score (nSPS) is 13.4. The molecule has 1 N–H and O–H groups in total. The van der Waals surface area contributed by atoms with Crippen molar-refractivity contribution in [3.63, 3.8) is 0 Å². The number of rotatable bonds is 6. The van der Waals surface area contributed by atoms with Crippen LogP contribution in [-0.2, 0) is 19.1 Å². The number of carbonyl (C=O) groups is 3. The van der Waals surface area contributed by atoms with Gasteiger partial charge in [0.1, 0.15) is 5.54 Å². The molecule has 0 fully saturated rings. The van der Waals surface area contributed by atoms with Gasteiger partial charge in [-0.3, -0.25) is 9.59 Å². The molecule has 0 rings (SSSR count). The minimum absolute atomic E-state index is 0.0777. The van der Waals surface area contributed by atoms with Crippen LogP contribution < -0.4 is 5.32 Å². The second kappa shape index (κ2) is 6.98. The van der Waals surface area contributed by atoms with Gasteiger partial charge in [-0.05, 0) is 13.3 Å². The van der Waals surface area contributed by atoms with Crippen LogP contribution in [-0.4, -0.2) is 48.9 Å². The first-order chi connectivity index (χ1) is 8.26. The maximum Gasteiger partial charge on any atom is 0.331 e. The van der Waals surface area contributed by atoms with E-state index >= 15 is 0 Å². The Balaban J connectivity index is 4.64. The van der Waals surface area contributed by atoms with Crippen LogP contribution in [0, 0.1) is 0 Å². The van der Waals surface area contributed by atoms with Gasteiger partial charge in [-0.2, -0.15) is 0 Å². The first kappa shape index (κ1) is 16.4. The van der Waals surface area contributed by atoms with E-state index in [4.69, 9.17) is 0 Å². The largest absolute Gasteiger partial charge is 0.467 e. The zero-order chi connectivity index (χ0) is 14.3. The molecule has 1 unspecified atom stereocenters. The van der Waals surface area contributed by atoms with Crippen LogP contribution in [0.1, 0.15) is 33.6 Å². The molecule has 1 atom stereocenters.